The maximum atomic E-state index is 11.5. The number of ether oxygens (including phenoxy) is 1. The van der Waals surface area contributed by atoms with Crippen molar-refractivity contribution in [3.63, 3.8) is 0 Å². The molecule has 1 N–H and O–H groups in total. The van der Waals surface area contributed by atoms with Crippen LogP contribution in [0.2, 0.25) is 0 Å². The van der Waals surface area contributed by atoms with Gasteiger partial charge >= 0.3 is 0 Å². The predicted octanol–water partition coefficient (Wildman–Crippen LogP) is 1.54. The van der Waals surface area contributed by atoms with Crippen molar-refractivity contribution in [1.82, 2.24) is 0 Å². The van der Waals surface area contributed by atoms with E-state index in [1.807, 2.05) is 0 Å². The van der Waals surface area contributed by atoms with E-state index in [1.54, 1.807) is 25.3 Å². The number of benzene rings is 1. The summed E-state index contributed by atoms with van der Waals surface area (Å²) in [5, 5.41) is 2.13. The Morgan fingerprint density at radius 3 is 2.88 bits per heavy atom. The zero-order valence-electron chi connectivity index (χ0n) is 8.62. The Balaban J connectivity index is 2.34. The smallest absolute Gasteiger partial charge is 0.288 e. The van der Waals surface area contributed by atoms with Crippen LogP contribution in [0.3, 0.4) is 0 Å². The average molecular weight is 240 g/mol. The first-order chi connectivity index (χ1) is 7.63. The van der Waals surface area contributed by atoms with Crippen molar-refractivity contribution in [2.24, 2.45) is 0 Å². The molecule has 1 aromatic carbocycles. The minimum Gasteiger partial charge on any atom is -0.497 e. The van der Waals surface area contributed by atoms with Crippen molar-refractivity contribution in [2.75, 3.05) is 19.0 Å². The molecule has 4 nitrogen and oxygen atoms in total. The maximum Gasteiger partial charge on any atom is 0.288 e. The third kappa shape index (κ3) is 1.76. The van der Waals surface area contributed by atoms with Gasteiger partial charge in [0.15, 0.2) is 0 Å². The number of halogens is 1. The van der Waals surface area contributed by atoms with Gasteiger partial charge in [0.05, 0.1) is 13.0 Å². The van der Waals surface area contributed by atoms with Gasteiger partial charge in [-0.3, -0.25) is 9.59 Å². The highest BCUT2D eigenvalue weighted by Crippen LogP contribution is 2.34. The monoisotopic (exact) mass is 239 g/mol. The minimum atomic E-state index is -0.921. The number of carbonyl (C=O) groups is 2. The summed E-state index contributed by atoms with van der Waals surface area (Å²) in [6.45, 7) is 0.403. The van der Waals surface area contributed by atoms with Crippen molar-refractivity contribution in [3.8, 4) is 5.75 Å². The largest absolute Gasteiger partial charge is 0.497 e. The molecule has 84 valence electrons. The van der Waals surface area contributed by atoms with Crippen molar-refractivity contribution in [1.29, 1.82) is 0 Å². The van der Waals surface area contributed by atoms with Gasteiger partial charge in [0.25, 0.3) is 5.24 Å². The van der Waals surface area contributed by atoms with Gasteiger partial charge in [-0.15, -0.1) is 0 Å². The van der Waals surface area contributed by atoms with Crippen molar-refractivity contribution < 1.29 is 14.3 Å². The number of anilines is 1. The van der Waals surface area contributed by atoms with Crippen LogP contribution in [0.25, 0.3) is 0 Å². The molecule has 1 aromatic rings. The van der Waals surface area contributed by atoms with Crippen LogP contribution in [0.15, 0.2) is 18.2 Å². The molecule has 0 saturated carbocycles. The average Bonchev–Trinajstić information content (AvgIpc) is 2.70. The highest BCUT2D eigenvalue weighted by atomic mass is 35.5. The topological polar surface area (TPSA) is 55.4 Å². The Bertz CT molecular complexity index is 459. The molecular weight excluding hydrogens is 230 g/mol. The molecular formula is C11H10ClNO3. The lowest BCUT2D eigenvalue weighted by Crippen LogP contribution is -2.19. The molecule has 0 aromatic heterocycles. The predicted molar refractivity (Wildman–Crippen MR) is 60.1 cm³/mol. The Morgan fingerprint density at radius 1 is 1.50 bits per heavy atom. The summed E-state index contributed by atoms with van der Waals surface area (Å²) in [5.41, 5.74) is 1.61. The molecule has 1 unspecified atom stereocenters. The SMILES string of the molecule is COc1ccc2c(c1)NCC2C(=O)C(=O)Cl. The first-order valence-corrected chi connectivity index (χ1v) is 5.16. The quantitative estimate of drug-likeness (QED) is 0.642. The number of ketones is 1. The van der Waals surface area contributed by atoms with Crippen LogP contribution in [0.5, 0.6) is 5.75 Å². The number of methoxy groups -OCH3 is 1. The lowest BCUT2D eigenvalue weighted by Gasteiger charge is -2.06. The van der Waals surface area contributed by atoms with E-state index in [9.17, 15) is 9.59 Å². The molecule has 1 heterocycles. The van der Waals surface area contributed by atoms with Crippen LogP contribution in [0.1, 0.15) is 11.5 Å². The third-order valence-electron chi connectivity index (χ3n) is 2.64. The summed E-state index contributed by atoms with van der Waals surface area (Å²) in [7, 11) is 1.57. The first kappa shape index (κ1) is 11.0. The Hall–Kier alpha value is -1.55. The lowest BCUT2D eigenvalue weighted by atomic mass is 9.97. The summed E-state index contributed by atoms with van der Waals surface area (Å²) in [5.74, 6) is -0.347. The van der Waals surface area contributed by atoms with Gasteiger partial charge in [-0.2, -0.15) is 0 Å². The molecule has 0 radical (unpaired) electrons. The second kappa shape index (κ2) is 4.14. The van der Waals surface area contributed by atoms with Gasteiger partial charge in [-0.05, 0) is 23.2 Å². The summed E-state index contributed by atoms with van der Waals surface area (Å²) in [4.78, 5) is 22.3. The molecule has 1 aliphatic heterocycles. The van der Waals surface area contributed by atoms with Gasteiger partial charge in [-0.25, -0.2) is 0 Å². The van der Waals surface area contributed by atoms with Crippen LogP contribution >= 0.6 is 11.6 Å². The lowest BCUT2D eigenvalue weighted by molar-refractivity contribution is -0.132. The molecule has 0 aliphatic carbocycles. The van der Waals surface area contributed by atoms with E-state index in [2.05, 4.69) is 5.32 Å². The zero-order valence-corrected chi connectivity index (χ0v) is 9.38. The van der Waals surface area contributed by atoms with Crippen LogP contribution in [-0.4, -0.2) is 24.7 Å². The molecule has 5 heteroatoms. The summed E-state index contributed by atoms with van der Waals surface area (Å²) in [6.07, 6.45) is 0. The summed E-state index contributed by atoms with van der Waals surface area (Å²) in [6, 6.07) is 5.32. The van der Waals surface area contributed by atoms with E-state index in [0.29, 0.717) is 12.3 Å². The van der Waals surface area contributed by atoms with Crippen LogP contribution < -0.4 is 10.1 Å². The van der Waals surface area contributed by atoms with Crippen molar-refractivity contribution in [2.45, 2.75) is 5.92 Å². The normalized spacial score (nSPS) is 17.5. The second-order valence-corrected chi connectivity index (χ2v) is 3.87. The molecule has 1 aliphatic rings. The van der Waals surface area contributed by atoms with Gasteiger partial charge in [0, 0.05) is 18.3 Å². The number of Topliss-reactive ketones (excluding diaryl/α,β-unsaturated/α-hetero) is 1. The fourth-order valence-electron chi connectivity index (χ4n) is 1.81. The standard InChI is InChI=1S/C11H10ClNO3/c1-16-6-2-3-7-8(10(14)11(12)15)5-13-9(7)4-6/h2-4,8,13H,5H2,1H3. The number of rotatable bonds is 3. The molecule has 0 spiro atoms. The number of hydrogen-bond acceptors (Lipinski definition) is 4. The first-order valence-electron chi connectivity index (χ1n) is 4.79. The number of nitrogens with one attached hydrogen (secondary N) is 1. The van der Waals surface area contributed by atoms with E-state index < -0.39 is 16.9 Å². The van der Waals surface area contributed by atoms with Gasteiger partial charge in [0.1, 0.15) is 5.75 Å². The van der Waals surface area contributed by atoms with E-state index >= 15 is 0 Å². The van der Waals surface area contributed by atoms with Gasteiger partial charge in [-0.1, -0.05) is 6.07 Å². The molecule has 0 amide bonds. The van der Waals surface area contributed by atoms with E-state index in [1.165, 1.54) is 0 Å². The molecule has 2 rings (SSSR count). The zero-order chi connectivity index (χ0) is 11.7. The second-order valence-electron chi connectivity index (χ2n) is 3.52. The fraction of sp³-hybridized carbons (Fsp3) is 0.273. The van der Waals surface area contributed by atoms with Crippen LogP contribution in [-0.2, 0) is 9.59 Å². The van der Waals surface area contributed by atoms with E-state index in [4.69, 9.17) is 16.3 Å². The maximum absolute atomic E-state index is 11.5. The van der Waals surface area contributed by atoms with Gasteiger partial charge < -0.3 is 10.1 Å². The van der Waals surface area contributed by atoms with Gasteiger partial charge in [0.2, 0.25) is 5.78 Å². The van der Waals surface area contributed by atoms with Crippen molar-refractivity contribution >= 4 is 28.3 Å². The Kier molecular flexibility index (Phi) is 2.83. The highest BCUT2D eigenvalue weighted by molar-refractivity contribution is 6.81. The minimum absolute atomic E-state index is 0.403. The Morgan fingerprint density at radius 2 is 2.25 bits per heavy atom. The number of hydrogen-bond donors (Lipinski definition) is 1. The molecule has 0 fully saturated rings. The molecule has 0 saturated heterocycles. The number of fused-ring (bicyclic) bond motifs is 1. The molecule has 16 heavy (non-hydrogen) atoms. The molecule has 1 atom stereocenters. The molecule has 0 bridgehead atoms. The fourth-order valence-corrected chi connectivity index (χ4v) is 1.94. The van der Waals surface area contributed by atoms with Crippen LogP contribution in [0, 0.1) is 0 Å². The summed E-state index contributed by atoms with van der Waals surface area (Å²) < 4.78 is 5.06. The van der Waals surface area contributed by atoms with E-state index in [0.717, 1.165) is 11.3 Å². The third-order valence-corrected chi connectivity index (χ3v) is 2.83. The van der Waals surface area contributed by atoms with Crippen LogP contribution in [0.4, 0.5) is 5.69 Å². The Labute approximate surface area is 97.5 Å². The van der Waals surface area contributed by atoms with Crippen molar-refractivity contribution in [3.05, 3.63) is 23.8 Å². The number of carbonyl (C=O) groups excluding carboxylic acids is 2. The summed E-state index contributed by atoms with van der Waals surface area (Å²) >= 11 is 5.19. The van der Waals surface area contributed by atoms with E-state index in [-0.39, 0.29) is 0 Å². The highest BCUT2D eigenvalue weighted by Gasteiger charge is 2.31.